The lowest BCUT2D eigenvalue weighted by atomic mass is 10.0. The van der Waals surface area contributed by atoms with Crippen molar-refractivity contribution in [1.29, 1.82) is 0 Å². The van der Waals surface area contributed by atoms with Crippen molar-refractivity contribution in [1.82, 2.24) is 0 Å². The molecule has 0 aromatic rings. The van der Waals surface area contributed by atoms with Crippen molar-refractivity contribution in [3.8, 4) is 0 Å². The molecular formula is C56H110NO9P. The van der Waals surface area contributed by atoms with Crippen LogP contribution >= 0.6 is 7.82 Å². The number of allylic oxidation sites excluding steroid dienone is 2. The van der Waals surface area contributed by atoms with Crippen LogP contribution in [0.5, 0.6) is 0 Å². The maximum absolute atomic E-state index is 12.7. The summed E-state index contributed by atoms with van der Waals surface area (Å²) in [4.78, 5) is 33.8. The third-order valence-electron chi connectivity index (χ3n) is 13.0. The molecule has 0 aromatic carbocycles. The third kappa shape index (κ3) is 52.4. The summed E-state index contributed by atoms with van der Waals surface area (Å²) >= 11 is 0. The lowest BCUT2D eigenvalue weighted by Crippen LogP contribution is -2.34. The summed E-state index contributed by atoms with van der Waals surface area (Å²) in [5, 5.41) is 8.95. The third-order valence-corrected chi connectivity index (χ3v) is 14.0. The van der Waals surface area contributed by atoms with Crippen LogP contribution in [0.25, 0.3) is 0 Å². The molecule has 11 heteroatoms. The molecule has 10 nitrogen and oxygen atoms in total. The van der Waals surface area contributed by atoms with Crippen LogP contribution in [-0.4, -0.2) is 60.5 Å². The Bertz CT molecular complexity index is 1120. The van der Waals surface area contributed by atoms with Crippen molar-refractivity contribution in [3.05, 3.63) is 12.2 Å². The van der Waals surface area contributed by atoms with E-state index in [9.17, 15) is 19.0 Å². The molecule has 0 radical (unpaired) electrons. The minimum Gasteiger partial charge on any atom is -0.480 e. The molecule has 0 aliphatic carbocycles. The molecule has 0 amide bonds. The van der Waals surface area contributed by atoms with Crippen molar-refractivity contribution in [2.75, 3.05) is 26.4 Å². The van der Waals surface area contributed by atoms with Gasteiger partial charge >= 0.3 is 19.8 Å². The molecule has 398 valence electrons. The predicted octanol–water partition coefficient (Wildman–Crippen LogP) is 17.2. The Labute approximate surface area is 413 Å². The van der Waals surface area contributed by atoms with Gasteiger partial charge in [-0.15, -0.1) is 0 Å². The van der Waals surface area contributed by atoms with Gasteiger partial charge in [0.1, 0.15) is 12.1 Å². The summed E-state index contributed by atoms with van der Waals surface area (Å²) in [5.41, 5.74) is 5.39. The van der Waals surface area contributed by atoms with Crippen LogP contribution in [0, 0.1) is 0 Å². The number of carbonyl (C=O) groups excluding carboxylic acids is 1. The van der Waals surface area contributed by atoms with Gasteiger partial charge in [0, 0.05) is 13.0 Å². The first-order valence-electron chi connectivity index (χ1n) is 28.7. The van der Waals surface area contributed by atoms with E-state index in [1.54, 1.807) is 0 Å². The smallest absolute Gasteiger partial charge is 0.472 e. The SMILES string of the molecule is CCCCCCCCCC/C=C\CCCCCCCCCCCCCC(=O)OC(COCCCCCCCCCCCCCCCCCCCCCCCC)COP(=O)(O)OCC(N)C(=O)O. The average molecular weight is 972 g/mol. The molecule has 0 saturated heterocycles. The molecule has 4 N–H and O–H groups in total. The number of unbranched alkanes of at least 4 members (excludes halogenated alkanes) is 40. The van der Waals surface area contributed by atoms with Crippen LogP contribution < -0.4 is 5.73 Å². The van der Waals surface area contributed by atoms with Crippen molar-refractivity contribution in [2.24, 2.45) is 5.73 Å². The maximum Gasteiger partial charge on any atom is 0.472 e. The van der Waals surface area contributed by atoms with Gasteiger partial charge in [0.25, 0.3) is 0 Å². The van der Waals surface area contributed by atoms with Gasteiger partial charge in [-0.25, -0.2) is 4.57 Å². The summed E-state index contributed by atoms with van der Waals surface area (Å²) in [6.45, 7) is 3.96. The van der Waals surface area contributed by atoms with E-state index >= 15 is 0 Å². The van der Waals surface area contributed by atoms with Gasteiger partial charge in [-0.05, 0) is 38.5 Å². The minimum atomic E-state index is -4.62. The van der Waals surface area contributed by atoms with E-state index in [-0.39, 0.29) is 13.0 Å². The van der Waals surface area contributed by atoms with Gasteiger partial charge in [0.15, 0.2) is 0 Å². The predicted molar refractivity (Wildman–Crippen MR) is 282 cm³/mol. The number of phosphoric acid groups is 1. The number of carboxylic acid groups (broad SMARTS) is 1. The number of aliphatic carboxylic acids is 1. The standard InChI is InChI=1S/C56H110NO9P/c1-3-5-7-9-11-13-15-17-19-21-23-25-27-28-30-32-34-36-38-40-42-44-46-48-55(58)66-53(51-64-67(61,62)65-52-54(57)56(59)60)50-63-49-47-45-43-41-39-37-35-33-31-29-26-24-22-20-18-16-14-12-10-8-6-4-2/h21,23,53-54H,3-20,22,24-52,57H2,1-2H3,(H,59,60)(H,61,62)/b23-21-. The summed E-state index contributed by atoms with van der Waals surface area (Å²) < 4.78 is 33.6. The van der Waals surface area contributed by atoms with Crippen LogP contribution in [0.15, 0.2) is 12.2 Å². The van der Waals surface area contributed by atoms with Crippen LogP contribution in [0.4, 0.5) is 0 Å². The summed E-state index contributed by atoms with van der Waals surface area (Å²) in [5.74, 6) is -1.76. The molecule has 0 bridgehead atoms. The van der Waals surface area contributed by atoms with E-state index in [2.05, 4.69) is 26.0 Å². The van der Waals surface area contributed by atoms with E-state index < -0.39 is 45.1 Å². The number of rotatable bonds is 56. The first-order valence-corrected chi connectivity index (χ1v) is 30.2. The van der Waals surface area contributed by atoms with E-state index in [1.165, 1.54) is 238 Å². The quantitative estimate of drug-likeness (QED) is 0.0232. The zero-order chi connectivity index (χ0) is 49.0. The largest absolute Gasteiger partial charge is 0.480 e. The molecule has 0 saturated carbocycles. The second-order valence-corrected chi connectivity index (χ2v) is 21.2. The average Bonchev–Trinajstić information content (AvgIpc) is 3.31. The molecule has 0 heterocycles. The van der Waals surface area contributed by atoms with Crippen LogP contribution in [0.2, 0.25) is 0 Å². The topological polar surface area (TPSA) is 155 Å². The summed E-state index contributed by atoms with van der Waals surface area (Å²) in [6, 6.07) is -1.47. The molecule has 0 fully saturated rings. The molecule has 3 unspecified atom stereocenters. The normalized spacial score (nSPS) is 13.6. The molecular weight excluding hydrogens is 862 g/mol. The van der Waals surface area contributed by atoms with Crippen LogP contribution in [0.1, 0.15) is 296 Å². The monoisotopic (exact) mass is 972 g/mol. The highest BCUT2D eigenvalue weighted by Gasteiger charge is 2.27. The highest BCUT2D eigenvalue weighted by Crippen LogP contribution is 2.43. The number of carboxylic acids is 1. The van der Waals surface area contributed by atoms with Crippen molar-refractivity contribution < 1.29 is 42.7 Å². The molecule has 0 aromatic heterocycles. The van der Waals surface area contributed by atoms with Gasteiger partial charge in [0.2, 0.25) is 0 Å². The van der Waals surface area contributed by atoms with Crippen molar-refractivity contribution in [2.45, 2.75) is 309 Å². The van der Waals surface area contributed by atoms with E-state index in [4.69, 9.17) is 29.4 Å². The van der Waals surface area contributed by atoms with E-state index in [0.717, 1.165) is 38.5 Å². The highest BCUT2D eigenvalue weighted by atomic mass is 31.2. The van der Waals surface area contributed by atoms with Crippen LogP contribution in [-0.2, 0) is 32.7 Å². The molecule has 0 aliphatic heterocycles. The number of hydrogen-bond donors (Lipinski definition) is 3. The molecule has 0 spiro atoms. The summed E-state index contributed by atoms with van der Waals surface area (Å²) in [6.07, 6.45) is 60.0. The van der Waals surface area contributed by atoms with Gasteiger partial charge < -0.3 is 25.2 Å². The van der Waals surface area contributed by atoms with E-state index in [1.807, 2.05) is 0 Å². The Kier molecular flexibility index (Phi) is 51.5. The Morgan fingerprint density at radius 2 is 0.776 bits per heavy atom. The molecule has 0 rings (SSSR count). The van der Waals surface area contributed by atoms with Crippen molar-refractivity contribution in [3.63, 3.8) is 0 Å². The molecule has 67 heavy (non-hydrogen) atoms. The first-order chi connectivity index (χ1) is 32.7. The fourth-order valence-corrected chi connectivity index (χ4v) is 9.38. The van der Waals surface area contributed by atoms with Gasteiger partial charge in [-0.2, -0.15) is 0 Å². The Morgan fingerprint density at radius 1 is 0.463 bits per heavy atom. The number of hydrogen-bond acceptors (Lipinski definition) is 8. The second-order valence-electron chi connectivity index (χ2n) is 19.8. The minimum absolute atomic E-state index is 0.0239. The number of phosphoric ester groups is 1. The number of esters is 1. The first kappa shape index (κ1) is 65.7. The van der Waals surface area contributed by atoms with Gasteiger partial charge in [-0.1, -0.05) is 264 Å². The highest BCUT2D eigenvalue weighted by molar-refractivity contribution is 7.47. The van der Waals surface area contributed by atoms with E-state index in [0.29, 0.717) is 6.61 Å². The lowest BCUT2D eigenvalue weighted by molar-refractivity contribution is -0.154. The fourth-order valence-electron chi connectivity index (χ4n) is 8.60. The molecule has 3 atom stereocenters. The lowest BCUT2D eigenvalue weighted by Gasteiger charge is -2.20. The zero-order valence-electron chi connectivity index (χ0n) is 44.0. The maximum atomic E-state index is 12.7. The van der Waals surface area contributed by atoms with Crippen LogP contribution in [0.3, 0.4) is 0 Å². The Balaban J connectivity index is 4.03. The summed E-state index contributed by atoms with van der Waals surface area (Å²) in [7, 11) is -4.62. The molecule has 0 aliphatic rings. The Hall–Kier alpha value is -1.29. The second kappa shape index (κ2) is 52.5. The Morgan fingerprint density at radius 3 is 1.13 bits per heavy atom. The van der Waals surface area contributed by atoms with Gasteiger partial charge in [0.05, 0.1) is 19.8 Å². The van der Waals surface area contributed by atoms with Gasteiger partial charge in [-0.3, -0.25) is 18.6 Å². The van der Waals surface area contributed by atoms with Crippen molar-refractivity contribution >= 4 is 19.8 Å². The zero-order valence-corrected chi connectivity index (χ0v) is 44.9. The number of nitrogens with two attached hydrogens (primary N) is 1. The fraction of sp³-hybridized carbons (Fsp3) is 0.929. The number of ether oxygens (including phenoxy) is 2. The number of carbonyl (C=O) groups is 2.